The van der Waals surface area contributed by atoms with Crippen molar-refractivity contribution in [2.45, 2.75) is 24.9 Å². The first-order chi connectivity index (χ1) is 14.7. The van der Waals surface area contributed by atoms with Gasteiger partial charge in [0.05, 0.1) is 18.3 Å². The molecule has 2 fully saturated rings. The lowest BCUT2D eigenvalue weighted by molar-refractivity contribution is -0.118. The molecule has 2 aromatic rings. The maximum absolute atomic E-state index is 12.7. The number of piperazine rings is 1. The second-order valence-corrected chi connectivity index (χ2v) is 8.11. The van der Waals surface area contributed by atoms with Crippen LogP contribution < -0.4 is 15.4 Å². The molecular formula is C22H25N5O3. The van der Waals surface area contributed by atoms with Gasteiger partial charge in [-0.05, 0) is 36.6 Å². The Hall–Kier alpha value is -3.13. The average molecular weight is 407 g/mol. The third-order valence-corrected chi connectivity index (χ3v) is 5.82. The summed E-state index contributed by atoms with van der Waals surface area (Å²) in [5.41, 5.74) is 2.60. The first kappa shape index (κ1) is 18.9. The second kappa shape index (κ2) is 7.95. The third kappa shape index (κ3) is 4.09. The Balaban J connectivity index is 1.34. The van der Waals surface area contributed by atoms with Crippen LogP contribution in [0.4, 0.5) is 10.5 Å². The fourth-order valence-electron chi connectivity index (χ4n) is 3.96. The van der Waals surface area contributed by atoms with E-state index in [2.05, 4.69) is 20.5 Å². The molecule has 0 spiro atoms. The van der Waals surface area contributed by atoms with Gasteiger partial charge < -0.3 is 20.3 Å². The predicted octanol–water partition coefficient (Wildman–Crippen LogP) is 1.94. The van der Waals surface area contributed by atoms with Gasteiger partial charge in [0.2, 0.25) is 5.91 Å². The van der Waals surface area contributed by atoms with E-state index in [9.17, 15) is 9.59 Å². The lowest BCUT2D eigenvalue weighted by Gasteiger charge is -2.40. The number of aromatic nitrogens is 1. The van der Waals surface area contributed by atoms with Crippen molar-refractivity contribution in [2.75, 3.05) is 38.1 Å². The number of nitrogens with zero attached hydrogens (tertiary/aromatic N) is 3. The number of rotatable bonds is 2. The maximum atomic E-state index is 12.7. The largest absolute Gasteiger partial charge is 0.490 e. The van der Waals surface area contributed by atoms with Gasteiger partial charge in [0.15, 0.2) is 0 Å². The van der Waals surface area contributed by atoms with Crippen molar-refractivity contribution in [3.63, 3.8) is 0 Å². The quantitative estimate of drug-likeness (QED) is 0.795. The fourth-order valence-corrected chi connectivity index (χ4v) is 3.96. The summed E-state index contributed by atoms with van der Waals surface area (Å²) in [5, 5.41) is 6.04. The molecule has 5 rings (SSSR count). The van der Waals surface area contributed by atoms with Crippen molar-refractivity contribution in [1.29, 1.82) is 0 Å². The van der Waals surface area contributed by atoms with Gasteiger partial charge in [0.1, 0.15) is 12.4 Å². The molecule has 1 saturated carbocycles. The van der Waals surface area contributed by atoms with E-state index in [1.807, 2.05) is 35.2 Å². The van der Waals surface area contributed by atoms with E-state index in [1.165, 1.54) is 0 Å². The lowest BCUT2D eigenvalue weighted by Crippen LogP contribution is -2.59. The summed E-state index contributed by atoms with van der Waals surface area (Å²) in [6.45, 7) is 2.51. The SMILES string of the molecule is O=C1CN2CCN(C(=O)NC3CC3)C[C@H]2COc2ccc(-c3cccnc3)cc2N1. The molecule has 30 heavy (non-hydrogen) atoms. The Morgan fingerprint density at radius 3 is 2.90 bits per heavy atom. The molecule has 8 heteroatoms. The highest BCUT2D eigenvalue weighted by molar-refractivity contribution is 5.94. The number of ether oxygens (including phenoxy) is 1. The highest BCUT2D eigenvalue weighted by Gasteiger charge is 2.34. The average Bonchev–Trinajstić information content (AvgIpc) is 3.57. The number of fused-ring (bicyclic) bond motifs is 2. The van der Waals surface area contributed by atoms with E-state index in [0.29, 0.717) is 43.7 Å². The van der Waals surface area contributed by atoms with E-state index < -0.39 is 0 Å². The van der Waals surface area contributed by atoms with Crippen molar-refractivity contribution in [2.24, 2.45) is 0 Å². The van der Waals surface area contributed by atoms with Crippen LogP contribution in [-0.2, 0) is 4.79 Å². The molecule has 3 aliphatic rings. The molecule has 0 bridgehead atoms. The van der Waals surface area contributed by atoms with Crippen LogP contribution in [-0.4, -0.2) is 71.6 Å². The van der Waals surface area contributed by atoms with Gasteiger partial charge in [0, 0.05) is 43.6 Å². The van der Waals surface area contributed by atoms with Gasteiger partial charge in [-0.2, -0.15) is 0 Å². The van der Waals surface area contributed by atoms with Gasteiger partial charge in [-0.15, -0.1) is 0 Å². The van der Waals surface area contributed by atoms with Gasteiger partial charge in [-0.25, -0.2) is 4.79 Å². The van der Waals surface area contributed by atoms with Crippen LogP contribution in [0.25, 0.3) is 11.1 Å². The molecule has 0 radical (unpaired) electrons. The lowest BCUT2D eigenvalue weighted by atomic mass is 10.1. The number of carbonyl (C=O) groups is 2. The second-order valence-electron chi connectivity index (χ2n) is 8.11. The summed E-state index contributed by atoms with van der Waals surface area (Å²) in [4.78, 5) is 33.3. The highest BCUT2D eigenvalue weighted by atomic mass is 16.5. The number of hydrogen-bond acceptors (Lipinski definition) is 5. The Kier molecular flexibility index (Phi) is 5.00. The standard InChI is InChI=1S/C22H25N5O3/c28-21-13-26-8-9-27(22(29)24-17-4-5-17)12-18(26)14-30-20-6-3-15(10-19(20)25-21)16-2-1-7-23-11-16/h1-3,6-7,10-11,17-18H,4-5,8-9,12-14H2,(H,24,29)(H,25,28)/t18-/m0/s1. The molecule has 1 aromatic carbocycles. The van der Waals surface area contributed by atoms with Crippen LogP contribution in [0.5, 0.6) is 5.75 Å². The number of anilines is 1. The molecule has 2 aliphatic heterocycles. The molecule has 2 N–H and O–H groups in total. The Bertz CT molecular complexity index is 947. The minimum atomic E-state index is -0.0778. The monoisotopic (exact) mass is 407 g/mol. The molecule has 1 aliphatic carbocycles. The topological polar surface area (TPSA) is 86.8 Å². The van der Waals surface area contributed by atoms with E-state index in [0.717, 1.165) is 24.0 Å². The van der Waals surface area contributed by atoms with Crippen LogP contribution in [0.15, 0.2) is 42.7 Å². The Morgan fingerprint density at radius 1 is 1.20 bits per heavy atom. The van der Waals surface area contributed by atoms with Gasteiger partial charge in [0.25, 0.3) is 0 Å². The number of hydrogen-bond donors (Lipinski definition) is 2. The van der Waals surface area contributed by atoms with Crippen molar-refractivity contribution in [3.8, 4) is 16.9 Å². The van der Waals surface area contributed by atoms with E-state index in [4.69, 9.17) is 4.74 Å². The summed E-state index contributed by atoms with van der Waals surface area (Å²) >= 11 is 0. The molecule has 156 valence electrons. The highest BCUT2D eigenvalue weighted by Crippen LogP contribution is 2.32. The zero-order valence-electron chi connectivity index (χ0n) is 16.7. The van der Waals surface area contributed by atoms with Crippen LogP contribution >= 0.6 is 0 Å². The number of benzene rings is 1. The summed E-state index contributed by atoms with van der Waals surface area (Å²) in [5.74, 6) is 0.559. The molecule has 1 atom stereocenters. The minimum Gasteiger partial charge on any atom is -0.490 e. The molecule has 3 amide bonds. The van der Waals surface area contributed by atoms with Crippen molar-refractivity contribution < 1.29 is 14.3 Å². The summed E-state index contributed by atoms with van der Waals surface area (Å²) < 4.78 is 6.11. The predicted molar refractivity (Wildman–Crippen MR) is 112 cm³/mol. The van der Waals surface area contributed by atoms with Crippen LogP contribution in [0, 0.1) is 0 Å². The molecule has 1 aromatic heterocycles. The maximum Gasteiger partial charge on any atom is 0.317 e. The van der Waals surface area contributed by atoms with Crippen molar-refractivity contribution >= 4 is 17.6 Å². The van der Waals surface area contributed by atoms with Gasteiger partial charge >= 0.3 is 6.03 Å². The summed E-state index contributed by atoms with van der Waals surface area (Å²) in [6, 6.07) is 9.93. The minimum absolute atomic E-state index is 0.0111. The van der Waals surface area contributed by atoms with Crippen LogP contribution in [0.3, 0.4) is 0 Å². The Morgan fingerprint density at radius 2 is 2.10 bits per heavy atom. The molecular weight excluding hydrogens is 382 g/mol. The molecule has 3 heterocycles. The Labute approximate surface area is 175 Å². The summed E-state index contributed by atoms with van der Waals surface area (Å²) in [7, 11) is 0. The van der Waals surface area contributed by atoms with Crippen molar-refractivity contribution in [3.05, 3.63) is 42.7 Å². The van der Waals surface area contributed by atoms with E-state index in [1.54, 1.807) is 12.4 Å². The number of urea groups is 1. The van der Waals surface area contributed by atoms with Crippen molar-refractivity contribution in [1.82, 2.24) is 20.1 Å². The fraction of sp³-hybridized carbons (Fsp3) is 0.409. The molecule has 8 nitrogen and oxygen atoms in total. The first-order valence-electron chi connectivity index (χ1n) is 10.4. The zero-order chi connectivity index (χ0) is 20.5. The number of pyridine rings is 1. The van der Waals surface area contributed by atoms with Crippen LogP contribution in [0.2, 0.25) is 0 Å². The van der Waals surface area contributed by atoms with Gasteiger partial charge in [-0.3, -0.25) is 14.7 Å². The number of amides is 3. The summed E-state index contributed by atoms with van der Waals surface area (Å²) in [6.07, 6.45) is 5.66. The third-order valence-electron chi connectivity index (χ3n) is 5.82. The smallest absolute Gasteiger partial charge is 0.317 e. The zero-order valence-corrected chi connectivity index (χ0v) is 16.7. The van der Waals surface area contributed by atoms with Gasteiger partial charge in [-0.1, -0.05) is 12.1 Å². The molecule has 1 saturated heterocycles. The van der Waals surface area contributed by atoms with Crippen LogP contribution in [0.1, 0.15) is 12.8 Å². The normalized spacial score (nSPS) is 21.8. The molecule has 0 unspecified atom stereocenters. The first-order valence-corrected chi connectivity index (χ1v) is 10.4. The number of nitrogens with one attached hydrogen (secondary N) is 2. The number of carbonyl (C=O) groups excluding carboxylic acids is 2. The van der Waals surface area contributed by atoms with E-state index >= 15 is 0 Å². The van der Waals surface area contributed by atoms with E-state index in [-0.39, 0.29) is 24.5 Å².